The fraction of sp³-hybridized carbons (Fsp3) is 0.200. The molecule has 1 N–H and O–H groups in total. The Hall–Kier alpha value is -1.51. The smallest absolute Gasteiger partial charge is 0.126 e. The summed E-state index contributed by atoms with van der Waals surface area (Å²) in [7, 11) is 3.61. The molecule has 2 nitrogen and oxygen atoms in total. The summed E-state index contributed by atoms with van der Waals surface area (Å²) in [5.41, 5.74) is 3.36. The van der Waals surface area contributed by atoms with E-state index < -0.39 is 0 Å². The van der Waals surface area contributed by atoms with Crippen LogP contribution in [0.1, 0.15) is 5.56 Å². The third-order valence-electron chi connectivity index (χ3n) is 2.78. The van der Waals surface area contributed by atoms with Crippen LogP contribution in [0, 0.1) is 0 Å². The molecule has 0 aliphatic heterocycles. The molecule has 0 saturated heterocycles. The van der Waals surface area contributed by atoms with E-state index in [9.17, 15) is 0 Å². The molecule has 0 bridgehead atoms. The molecular weight excluding hydrogens is 246 g/mol. The Morgan fingerprint density at radius 1 is 1.17 bits per heavy atom. The van der Waals surface area contributed by atoms with Crippen LogP contribution in [-0.4, -0.2) is 14.2 Å². The minimum Gasteiger partial charge on any atom is -0.496 e. The number of nitrogens with one attached hydrogen (secondary N) is 1. The largest absolute Gasteiger partial charge is 0.496 e. The van der Waals surface area contributed by atoms with Gasteiger partial charge in [0.2, 0.25) is 0 Å². The number of benzene rings is 2. The van der Waals surface area contributed by atoms with Crippen molar-refractivity contribution in [2.24, 2.45) is 0 Å². The summed E-state index contributed by atoms with van der Waals surface area (Å²) in [6.07, 6.45) is 0. The minimum atomic E-state index is 0.713. The molecule has 0 aromatic heterocycles. The first-order valence-corrected chi connectivity index (χ1v) is 6.20. The molecule has 3 heteroatoms. The second kappa shape index (κ2) is 5.89. The molecule has 0 heterocycles. The van der Waals surface area contributed by atoms with Gasteiger partial charge in [-0.05, 0) is 42.4 Å². The Kier molecular flexibility index (Phi) is 4.24. The molecule has 0 saturated carbocycles. The van der Waals surface area contributed by atoms with Crippen molar-refractivity contribution in [1.82, 2.24) is 5.32 Å². The summed E-state index contributed by atoms with van der Waals surface area (Å²) in [5.74, 6) is 0.834. The number of methoxy groups -OCH3 is 1. The third kappa shape index (κ3) is 2.84. The summed E-state index contributed by atoms with van der Waals surface area (Å²) in [4.78, 5) is 0. The normalized spacial score (nSPS) is 10.4. The fourth-order valence-electron chi connectivity index (χ4n) is 1.96. The number of halogens is 1. The van der Waals surface area contributed by atoms with E-state index in [-0.39, 0.29) is 0 Å². The fourth-order valence-corrected chi connectivity index (χ4v) is 2.13. The Bertz CT molecular complexity index is 540. The molecule has 18 heavy (non-hydrogen) atoms. The second-order valence-corrected chi connectivity index (χ2v) is 4.51. The van der Waals surface area contributed by atoms with Gasteiger partial charge in [-0.2, -0.15) is 0 Å². The van der Waals surface area contributed by atoms with Gasteiger partial charge in [-0.3, -0.25) is 0 Å². The summed E-state index contributed by atoms with van der Waals surface area (Å²) in [5, 5.41) is 3.86. The summed E-state index contributed by atoms with van der Waals surface area (Å²) in [6.45, 7) is 0.844. The van der Waals surface area contributed by atoms with Crippen LogP contribution in [0.5, 0.6) is 5.75 Å². The monoisotopic (exact) mass is 261 g/mol. The van der Waals surface area contributed by atoms with E-state index >= 15 is 0 Å². The van der Waals surface area contributed by atoms with Crippen LogP contribution in [0.4, 0.5) is 0 Å². The van der Waals surface area contributed by atoms with Crippen LogP contribution in [0.2, 0.25) is 5.02 Å². The van der Waals surface area contributed by atoms with Crippen molar-refractivity contribution in [1.29, 1.82) is 0 Å². The molecule has 0 spiro atoms. The van der Waals surface area contributed by atoms with Gasteiger partial charge in [0.05, 0.1) is 7.11 Å². The lowest BCUT2D eigenvalue weighted by Crippen LogP contribution is -2.04. The lowest BCUT2D eigenvalue weighted by molar-refractivity contribution is 0.416. The maximum Gasteiger partial charge on any atom is 0.126 e. The number of hydrogen-bond donors (Lipinski definition) is 1. The molecule has 2 aromatic carbocycles. The summed E-state index contributed by atoms with van der Waals surface area (Å²) in [6, 6.07) is 14.0. The van der Waals surface area contributed by atoms with E-state index in [2.05, 4.69) is 23.5 Å². The van der Waals surface area contributed by atoms with Crippen LogP contribution in [0.25, 0.3) is 11.1 Å². The molecule has 0 aliphatic rings. The number of hydrogen-bond acceptors (Lipinski definition) is 2. The van der Waals surface area contributed by atoms with Gasteiger partial charge >= 0.3 is 0 Å². The Morgan fingerprint density at radius 2 is 2.00 bits per heavy atom. The zero-order chi connectivity index (χ0) is 13.0. The molecule has 2 aromatic rings. The van der Waals surface area contributed by atoms with Gasteiger partial charge in [0.25, 0.3) is 0 Å². The molecule has 94 valence electrons. The van der Waals surface area contributed by atoms with Crippen molar-refractivity contribution in [2.75, 3.05) is 14.2 Å². The first-order valence-electron chi connectivity index (χ1n) is 5.82. The topological polar surface area (TPSA) is 21.3 Å². The highest BCUT2D eigenvalue weighted by Crippen LogP contribution is 2.32. The van der Waals surface area contributed by atoms with Gasteiger partial charge in [0.1, 0.15) is 5.75 Å². The lowest BCUT2D eigenvalue weighted by atomic mass is 10.0. The van der Waals surface area contributed by atoms with Gasteiger partial charge < -0.3 is 10.1 Å². The second-order valence-electron chi connectivity index (χ2n) is 4.08. The first-order chi connectivity index (χ1) is 8.74. The zero-order valence-electron chi connectivity index (χ0n) is 10.5. The predicted molar refractivity (Wildman–Crippen MR) is 76.2 cm³/mol. The van der Waals surface area contributed by atoms with Crippen LogP contribution in [0.3, 0.4) is 0 Å². The molecule has 0 aliphatic carbocycles. The standard InChI is InChI=1S/C15H16ClNO/c1-17-10-11-4-3-5-12(8-11)14-9-13(16)6-7-15(14)18-2/h3-9,17H,10H2,1-2H3. The van der Waals surface area contributed by atoms with Gasteiger partial charge in [-0.25, -0.2) is 0 Å². The molecule has 2 rings (SSSR count). The quantitative estimate of drug-likeness (QED) is 0.905. The Balaban J connectivity index is 2.47. The first kappa shape index (κ1) is 12.9. The summed E-state index contributed by atoms with van der Waals surface area (Å²) >= 11 is 6.06. The van der Waals surface area contributed by atoms with E-state index in [1.54, 1.807) is 7.11 Å². The van der Waals surface area contributed by atoms with Crippen LogP contribution < -0.4 is 10.1 Å². The van der Waals surface area contributed by atoms with Crippen LogP contribution in [0.15, 0.2) is 42.5 Å². The Labute approximate surface area is 113 Å². The zero-order valence-corrected chi connectivity index (χ0v) is 11.3. The van der Waals surface area contributed by atoms with Gasteiger partial charge in [0, 0.05) is 17.1 Å². The SMILES string of the molecule is CNCc1cccc(-c2cc(Cl)ccc2OC)c1. The lowest BCUT2D eigenvalue weighted by Gasteiger charge is -2.10. The van der Waals surface area contributed by atoms with Gasteiger partial charge in [-0.1, -0.05) is 29.8 Å². The van der Waals surface area contributed by atoms with E-state index in [0.717, 1.165) is 23.4 Å². The minimum absolute atomic E-state index is 0.713. The van der Waals surface area contributed by atoms with Crippen molar-refractivity contribution in [3.05, 3.63) is 53.1 Å². The van der Waals surface area contributed by atoms with E-state index in [1.165, 1.54) is 5.56 Å². The van der Waals surface area contributed by atoms with Crippen molar-refractivity contribution >= 4 is 11.6 Å². The van der Waals surface area contributed by atoms with E-state index in [4.69, 9.17) is 16.3 Å². The molecule has 0 amide bonds. The van der Waals surface area contributed by atoms with Gasteiger partial charge in [-0.15, -0.1) is 0 Å². The average Bonchev–Trinajstić information content (AvgIpc) is 2.39. The third-order valence-corrected chi connectivity index (χ3v) is 3.02. The molecule has 0 unspecified atom stereocenters. The molecular formula is C15H16ClNO. The van der Waals surface area contributed by atoms with E-state index in [1.807, 2.05) is 31.3 Å². The maximum atomic E-state index is 6.06. The maximum absolute atomic E-state index is 6.06. The van der Waals surface area contributed by atoms with Crippen molar-refractivity contribution < 1.29 is 4.74 Å². The van der Waals surface area contributed by atoms with Crippen molar-refractivity contribution in [3.63, 3.8) is 0 Å². The number of rotatable bonds is 4. The van der Waals surface area contributed by atoms with E-state index in [0.29, 0.717) is 5.02 Å². The highest BCUT2D eigenvalue weighted by atomic mass is 35.5. The highest BCUT2D eigenvalue weighted by Gasteiger charge is 2.07. The van der Waals surface area contributed by atoms with Crippen molar-refractivity contribution in [2.45, 2.75) is 6.54 Å². The average molecular weight is 262 g/mol. The predicted octanol–water partition coefficient (Wildman–Crippen LogP) is 3.74. The number of ether oxygens (including phenoxy) is 1. The van der Waals surface area contributed by atoms with Crippen LogP contribution >= 0.6 is 11.6 Å². The molecule has 0 fully saturated rings. The summed E-state index contributed by atoms with van der Waals surface area (Å²) < 4.78 is 5.38. The Morgan fingerprint density at radius 3 is 2.72 bits per heavy atom. The highest BCUT2D eigenvalue weighted by molar-refractivity contribution is 6.31. The van der Waals surface area contributed by atoms with Gasteiger partial charge in [0.15, 0.2) is 0 Å². The molecule has 0 atom stereocenters. The van der Waals surface area contributed by atoms with Crippen LogP contribution in [-0.2, 0) is 6.54 Å². The van der Waals surface area contributed by atoms with Crippen molar-refractivity contribution in [3.8, 4) is 16.9 Å². The molecule has 0 radical (unpaired) electrons.